The summed E-state index contributed by atoms with van der Waals surface area (Å²) in [5.41, 5.74) is 2.97. The number of benzene rings is 1. The van der Waals surface area contributed by atoms with E-state index in [1.165, 1.54) is 0 Å². The maximum Gasteiger partial charge on any atom is 0.306 e. The number of aryl methyl sites for hydroxylation is 2. The van der Waals surface area contributed by atoms with Crippen LogP contribution >= 0.6 is 0 Å². The molecular weight excluding hydrogens is 292 g/mol. The minimum absolute atomic E-state index is 0.185. The van der Waals surface area contributed by atoms with Crippen molar-refractivity contribution in [2.45, 2.75) is 26.7 Å². The van der Waals surface area contributed by atoms with E-state index in [0.29, 0.717) is 36.4 Å². The van der Waals surface area contributed by atoms with Gasteiger partial charge in [0.25, 0.3) is 5.91 Å². The quantitative estimate of drug-likeness (QED) is 0.832. The first-order chi connectivity index (χ1) is 11.1. The standard InChI is InChI=1S/C18H20N2O3/c1-3-23-17(21)11-8-14-6-9-15(10-7-14)20-18(22)16-5-4-12-19-13(16)2/h4-7,9-10,12H,3,8,11H2,1-2H3,(H,20,22). The van der Waals surface area contributed by atoms with E-state index >= 15 is 0 Å². The number of aromatic nitrogens is 1. The van der Waals surface area contributed by atoms with Gasteiger partial charge in [0.05, 0.1) is 12.2 Å². The molecule has 1 N–H and O–H groups in total. The lowest BCUT2D eigenvalue weighted by atomic mass is 10.1. The highest BCUT2D eigenvalue weighted by Crippen LogP contribution is 2.13. The Morgan fingerprint density at radius 3 is 2.57 bits per heavy atom. The van der Waals surface area contributed by atoms with E-state index in [-0.39, 0.29) is 11.9 Å². The molecule has 23 heavy (non-hydrogen) atoms. The molecule has 0 aliphatic heterocycles. The lowest BCUT2D eigenvalue weighted by molar-refractivity contribution is -0.143. The predicted octanol–water partition coefficient (Wildman–Crippen LogP) is 3.14. The SMILES string of the molecule is CCOC(=O)CCc1ccc(NC(=O)c2cccnc2C)cc1. The van der Waals surface area contributed by atoms with Crippen molar-refractivity contribution in [3.05, 3.63) is 59.4 Å². The molecule has 1 amide bonds. The first kappa shape index (κ1) is 16.7. The normalized spacial score (nSPS) is 10.2. The smallest absolute Gasteiger partial charge is 0.306 e. The van der Waals surface area contributed by atoms with Crippen LogP contribution in [0.1, 0.15) is 35.0 Å². The fourth-order valence-corrected chi connectivity index (χ4v) is 2.16. The molecule has 0 unspecified atom stereocenters. The summed E-state index contributed by atoms with van der Waals surface area (Å²) in [6, 6.07) is 10.9. The van der Waals surface area contributed by atoms with Crippen molar-refractivity contribution in [3.8, 4) is 0 Å². The van der Waals surface area contributed by atoms with Gasteiger partial charge in [0.15, 0.2) is 0 Å². The number of pyridine rings is 1. The average molecular weight is 312 g/mol. The van der Waals surface area contributed by atoms with Crippen molar-refractivity contribution in [1.82, 2.24) is 4.98 Å². The van der Waals surface area contributed by atoms with Crippen LogP contribution in [0.15, 0.2) is 42.6 Å². The molecule has 2 rings (SSSR count). The minimum atomic E-state index is -0.197. The lowest BCUT2D eigenvalue weighted by Gasteiger charge is -2.08. The first-order valence-corrected chi connectivity index (χ1v) is 7.57. The third kappa shape index (κ3) is 4.92. The highest BCUT2D eigenvalue weighted by Gasteiger charge is 2.09. The van der Waals surface area contributed by atoms with Crippen LogP contribution in [0.5, 0.6) is 0 Å². The van der Waals surface area contributed by atoms with Crippen molar-refractivity contribution in [3.63, 3.8) is 0 Å². The van der Waals surface area contributed by atoms with Crippen LogP contribution in [0.25, 0.3) is 0 Å². The third-order valence-corrected chi connectivity index (χ3v) is 3.39. The molecule has 1 heterocycles. The average Bonchev–Trinajstić information content (AvgIpc) is 2.55. The molecule has 0 aliphatic rings. The number of hydrogen-bond acceptors (Lipinski definition) is 4. The fraction of sp³-hybridized carbons (Fsp3) is 0.278. The molecule has 0 atom stereocenters. The van der Waals surface area contributed by atoms with Crippen molar-refractivity contribution < 1.29 is 14.3 Å². The van der Waals surface area contributed by atoms with Gasteiger partial charge in [-0.3, -0.25) is 14.6 Å². The molecule has 0 aliphatic carbocycles. The van der Waals surface area contributed by atoms with Crippen LogP contribution < -0.4 is 5.32 Å². The molecule has 0 radical (unpaired) electrons. The Labute approximate surface area is 135 Å². The maximum absolute atomic E-state index is 12.2. The number of amides is 1. The molecule has 0 saturated heterocycles. The largest absolute Gasteiger partial charge is 0.466 e. The third-order valence-electron chi connectivity index (χ3n) is 3.39. The highest BCUT2D eigenvalue weighted by molar-refractivity contribution is 6.04. The number of hydrogen-bond donors (Lipinski definition) is 1. The van der Waals surface area contributed by atoms with Crippen molar-refractivity contribution in [1.29, 1.82) is 0 Å². The Hall–Kier alpha value is -2.69. The van der Waals surface area contributed by atoms with Crippen LogP contribution in [0.4, 0.5) is 5.69 Å². The molecule has 2 aromatic rings. The van der Waals surface area contributed by atoms with E-state index in [9.17, 15) is 9.59 Å². The Bertz CT molecular complexity index is 681. The molecular formula is C18H20N2O3. The lowest BCUT2D eigenvalue weighted by Crippen LogP contribution is -2.13. The topological polar surface area (TPSA) is 68.3 Å². The summed E-state index contributed by atoms with van der Waals surface area (Å²) in [6.45, 7) is 3.99. The molecule has 1 aromatic carbocycles. The van der Waals surface area contributed by atoms with Gasteiger partial charge >= 0.3 is 5.97 Å². The number of nitrogens with one attached hydrogen (secondary N) is 1. The summed E-state index contributed by atoms with van der Waals surface area (Å²) >= 11 is 0. The van der Waals surface area contributed by atoms with Gasteiger partial charge in [-0.1, -0.05) is 12.1 Å². The van der Waals surface area contributed by atoms with Crippen LogP contribution in [0.2, 0.25) is 0 Å². The number of nitrogens with zero attached hydrogens (tertiary/aromatic N) is 1. The number of esters is 1. The second-order valence-corrected chi connectivity index (χ2v) is 5.09. The van der Waals surface area contributed by atoms with Gasteiger partial charge in [0.2, 0.25) is 0 Å². The number of carbonyl (C=O) groups is 2. The van der Waals surface area contributed by atoms with E-state index in [4.69, 9.17) is 4.74 Å². The highest BCUT2D eigenvalue weighted by atomic mass is 16.5. The summed E-state index contributed by atoms with van der Waals surface area (Å²) in [6.07, 6.45) is 2.63. The molecule has 0 saturated carbocycles. The summed E-state index contributed by atoms with van der Waals surface area (Å²) < 4.78 is 4.90. The van der Waals surface area contributed by atoms with E-state index in [0.717, 1.165) is 5.56 Å². The molecule has 1 aromatic heterocycles. The second kappa shape index (κ2) is 8.08. The molecule has 5 nitrogen and oxygen atoms in total. The number of carbonyl (C=O) groups excluding carboxylic acids is 2. The van der Waals surface area contributed by atoms with Gasteiger partial charge < -0.3 is 10.1 Å². The summed E-state index contributed by atoms with van der Waals surface area (Å²) in [7, 11) is 0. The number of rotatable bonds is 6. The Morgan fingerprint density at radius 1 is 1.17 bits per heavy atom. The zero-order valence-electron chi connectivity index (χ0n) is 13.3. The van der Waals surface area contributed by atoms with Crippen LogP contribution in [0.3, 0.4) is 0 Å². The number of anilines is 1. The van der Waals surface area contributed by atoms with E-state index in [1.807, 2.05) is 24.3 Å². The fourth-order valence-electron chi connectivity index (χ4n) is 2.16. The minimum Gasteiger partial charge on any atom is -0.466 e. The molecule has 120 valence electrons. The second-order valence-electron chi connectivity index (χ2n) is 5.09. The Balaban J connectivity index is 1.93. The van der Waals surface area contributed by atoms with Crippen molar-refractivity contribution >= 4 is 17.6 Å². The van der Waals surface area contributed by atoms with Crippen molar-refractivity contribution in [2.75, 3.05) is 11.9 Å². The van der Waals surface area contributed by atoms with Gasteiger partial charge in [-0.2, -0.15) is 0 Å². The van der Waals surface area contributed by atoms with Crippen LogP contribution in [-0.2, 0) is 16.0 Å². The Morgan fingerprint density at radius 2 is 1.91 bits per heavy atom. The predicted molar refractivity (Wildman–Crippen MR) is 88.3 cm³/mol. The summed E-state index contributed by atoms with van der Waals surface area (Å²) in [5, 5.41) is 2.84. The zero-order chi connectivity index (χ0) is 16.7. The first-order valence-electron chi connectivity index (χ1n) is 7.57. The van der Waals surface area contributed by atoms with E-state index < -0.39 is 0 Å². The van der Waals surface area contributed by atoms with Gasteiger partial charge in [-0.15, -0.1) is 0 Å². The molecule has 5 heteroatoms. The molecule has 0 bridgehead atoms. The summed E-state index contributed by atoms with van der Waals surface area (Å²) in [5.74, 6) is -0.383. The van der Waals surface area contributed by atoms with Crippen LogP contribution in [0, 0.1) is 6.92 Å². The number of ether oxygens (including phenoxy) is 1. The van der Waals surface area contributed by atoms with Gasteiger partial charge in [-0.25, -0.2) is 0 Å². The molecule has 0 fully saturated rings. The summed E-state index contributed by atoms with van der Waals surface area (Å²) in [4.78, 5) is 27.6. The Kier molecular flexibility index (Phi) is 5.86. The van der Waals surface area contributed by atoms with Crippen molar-refractivity contribution in [2.24, 2.45) is 0 Å². The maximum atomic E-state index is 12.2. The monoisotopic (exact) mass is 312 g/mol. The zero-order valence-corrected chi connectivity index (χ0v) is 13.3. The van der Waals surface area contributed by atoms with E-state index in [2.05, 4.69) is 10.3 Å². The van der Waals surface area contributed by atoms with Crippen LogP contribution in [-0.4, -0.2) is 23.5 Å². The van der Waals surface area contributed by atoms with Gasteiger partial charge in [-0.05, 0) is 50.1 Å². The molecule has 0 spiro atoms. The van der Waals surface area contributed by atoms with Gasteiger partial charge in [0.1, 0.15) is 0 Å². The van der Waals surface area contributed by atoms with Gasteiger partial charge in [0, 0.05) is 24.0 Å². The van der Waals surface area contributed by atoms with E-state index in [1.54, 1.807) is 32.2 Å².